The highest BCUT2D eigenvalue weighted by molar-refractivity contribution is 7.98. The van der Waals surface area contributed by atoms with Crippen molar-refractivity contribution in [3.8, 4) is 6.07 Å². The molecular formula is C16H24N6OS2. The van der Waals surface area contributed by atoms with Crippen molar-refractivity contribution in [1.29, 1.82) is 5.26 Å². The molecule has 0 bridgehead atoms. The van der Waals surface area contributed by atoms with Crippen LogP contribution in [0.4, 0.5) is 11.6 Å². The molecule has 2 heterocycles. The van der Waals surface area contributed by atoms with Gasteiger partial charge in [0.05, 0.1) is 30.1 Å². The van der Waals surface area contributed by atoms with E-state index in [9.17, 15) is 0 Å². The summed E-state index contributed by atoms with van der Waals surface area (Å²) in [5, 5.41) is 15.1. The zero-order valence-electron chi connectivity index (χ0n) is 14.6. The highest BCUT2D eigenvalue weighted by Gasteiger charge is 2.07. The molecular weight excluding hydrogens is 356 g/mol. The summed E-state index contributed by atoms with van der Waals surface area (Å²) in [7, 11) is 4.06. The van der Waals surface area contributed by atoms with E-state index in [0.717, 1.165) is 60.7 Å². The lowest BCUT2D eigenvalue weighted by Gasteiger charge is -2.07. The summed E-state index contributed by atoms with van der Waals surface area (Å²) in [6, 6.07) is 6.22. The van der Waals surface area contributed by atoms with Crippen molar-refractivity contribution in [2.45, 2.75) is 25.1 Å². The van der Waals surface area contributed by atoms with Crippen LogP contribution in [0.3, 0.4) is 0 Å². The maximum absolute atomic E-state index is 8.54. The zero-order chi connectivity index (χ0) is 17.9. The van der Waals surface area contributed by atoms with Gasteiger partial charge in [-0.2, -0.15) is 25.8 Å². The number of nitrogens with one attached hydrogen (secondary N) is 2. The molecule has 0 radical (unpaired) electrons. The minimum atomic E-state index is 0.549. The molecule has 9 heteroatoms. The number of rotatable bonds is 12. The van der Waals surface area contributed by atoms with Crippen LogP contribution in [0.15, 0.2) is 16.5 Å². The van der Waals surface area contributed by atoms with Gasteiger partial charge in [-0.05, 0) is 32.6 Å². The van der Waals surface area contributed by atoms with Crippen LogP contribution in [0, 0.1) is 11.3 Å². The van der Waals surface area contributed by atoms with Gasteiger partial charge >= 0.3 is 0 Å². The first-order chi connectivity index (χ1) is 12.2. The van der Waals surface area contributed by atoms with Crippen LogP contribution < -0.4 is 10.6 Å². The molecule has 0 aliphatic rings. The van der Waals surface area contributed by atoms with E-state index in [4.69, 9.17) is 9.68 Å². The molecule has 136 valence electrons. The number of hydrogen-bond donors (Lipinski definition) is 2. The third-order valence-corrected chi connectivity index (χ3v) is 4.73. The monoisotopic (exact) mass is 380 g/mol. The first-order valence-electron chi connectivity index (χ1n) is 8.16. The molecule has 0 spiro atoms. The van der Waals surface area contributed by atoms with Crippen LogP contribution in [0.25, 0.3) is 0 Å². The molecule has 0 unspecified atom stereocenters. The molecule has 0 aliphatic heterocycles. The number of nitriles is 1. The summed E-state index contributed by atoms with van der Waals surface area (Å²) in [6.45, 7) is 2.37. The van der Waals surface area contributed by atoms with Gasteiger partial charge in [0.1, 0.15) is 11.5 Å². The first kappa shape index (κ1) is 19.6. The minimum absolute atomic E-state index is 0.549. The largest absolute Gasteiger partial charge is 0.464 e. The van der Waals surface area contributed by atoms with Crippen LogP contribution >= 0.6 is 23.5 Å². The van der Waals surface area contributed by atoms with Gasteiger partial charge in [-0.15, -0.1) is 0 Å². The normalized spacial score (nSPS) is 10.8. The van der Waals surface area contributed by atoms with Crippen LogP contribution in [-0.2, 0) is 12.3 Å². The minimum Gasteiger partial charge on any atom is -0.464 e. The number of thioether (sulfide) groups is 1. The Labute approximate surface area is 157 Å². The van der Waals surface area contributed by atoms with Crippen LogP contribution in [0.5, 0.6) is 0 Å². The Balaban J connectivity index is 1.62. The Morgan fingerprint density at radius 1 is 1.20 bits per heavy atom. The average molecular weight is 381 g/mol. The van der Waals surface area contributed by atoms with Gasteiger partial charge < -0.3 is 20.0 Å². The second kappa shape index (κ2) is 11.0. The van der Waals surface area contributed by atoms with Gasteiger partial charge in [0, 0.05) is 25.3 Å². The molecule has 7 nitrogen and oxygen atoms in total. The molecule has 0 aromatic carbocycles. The summed E-state index contributed by atoms with van der Waals surface area (Å²) >= 11 is 3.00. The van der Waals surface area contributed by atoms with Crippen LogP contribution in [0.1, 0.15) is 24.4 Å². The maximum Gasteiger partial charge on any atom is 0.184 e. The Hall–Kier alpha value is -1.76. The molecule has 0 aliphatic carbocycles. The standard InChI is InChI=1S/C16H24N6OS2/c1-22(2)11-13-5-6-14(23-13)12-24-10-9-19-16-15(20-25-21-16)18-8-4-3-7-17/h5-6H,3-4,8-12H2,1-2H3,(H,18,20)(H,19,21). The van der Waals surface area contributed by atoms with Gasteiger partial charge in [-0.1, -0.05) is 0 Å². The molecule has 0 fully saturated rings. The fraction of sp³-hybridized carbons (Fsp3) is 0.562. The molecule has 0 atom stereocenters. The van der Waals surface area contributed by atoms with Crippen molar-refractivity contribution in [2.75, 3.05) is 43.6 Å². The molecule has 2 N–H and O–H groups in total. The van der Waals surface area contributed by atoms with Crippen molar-refractivity contribution in [1.82, 2.24) is 13.6 Å². The SMILES string of the molecule is CN(C)Cc1ccc(CSCCNc2nsnc2NCCCC#N)o1. The quantitative estimate of drug-likeness (QED) is 0.542. The summed E-state index contributed by atoms with van der Waals surface area (Å²) < 4.78 is 14.3. The third kappa shape index (κ3) is 7.34. The lowest BCUT2D eigenvalue weighted by Crippen LogP contribution is -2.09. The van der Waals surface area contributed by atoms with Gasteiger partial charge in [0.15, 0.2) is 11.6 Å². The first-order valence-corrected chi connectivity index (χ1v) is 10.0. The summed E-state index contributed by atoms with van der Waals surface area (Å²) in [4.78, 5) is 2.09. The van der Waals surface area contributed by atoms with E-state index >= 15 is 0 Å². The van der Waals surface area contributed by atoms with E-state index in [1.165, 1.54) is 11.7 Å². The Morgan fingerprint density at radius 3 is 2.64 bits per heavy atom. The Bertz CT molecular complexity index is 664. The lowest BCUT2D eigenvalue weighted by atomic mass is 10.3. The smallest absolute Gasteiger partial charge is 0.184 e. The number of hydrogen-bond acceptors (Lipinski definition) is 9. The third-order valence-electron chi connectivity index (χ3n) is 3.22. The summed E-state index contributed by atoms with van der Waals surface area (Å²) in [5.74, 6) is 5.39. The predicted octanol–water partition coefficient (Wildman–Crippen LogP) is 3.25. The fourth-order valence-electron chi connectivity index (χ4n) is 2.11. The lowest BCUT2D eigenvalue weighted by molar-refractivity contribution is 0.344. The Morgan fingerprint density at radius 2 is 1.92 bits per heavy atom. The van der Waals surface area contributed by atoms with Crippen molar-refractivity contribution in [3.05, 3.63) is 23.7 Å². The number of unbranched alkanes of at least 4 members (excludes halogenated alkanes) is 1. The van der Waals surface area contributed by atoms with Crippen LogP contribution in [0.2, 0.25) is 0 Å². The topological polar surface area (TPSA) is 90.0 Å². The highest BCUT2D eigenvalue weighted by Crippen LogP contribution is 2.19. The van der Waals surface area contributed by atoms with Gasteiger partial charge in [0.25, 0.3) is 0 Å². The average Bonchev–Trinajstić information content (AvgIpc) is 3.20. The zero-order valence-corrected chi connectivity index (χ0v) is 16.3. The highest BCUT2D eigenvalue weighted by atomic mass is 32.2. The van der Waals surface area contributed by atoms with Crippen molar-refractivity contribution >= 4 is 35.1 Å². The maximum atomic E-state index is 8.54. The van der Waals surface area contributed by atoms with Crippen molar-refractivity contribution in [2.24, 2.45) is 0 Å². The van der Waals surface area contributed by atoms with E-state index in [0.29, 0.717) is 6.42 Å². The number of aromatic nitrogens is 2. The molecule has 0 amide bonds. The molecule has 2 aromatic heterocycles. The summed E-state index contributed by atoms with van der Waals surface area (Å²) in [6.07, 6.45) is 1.36. The van der Waals surface area contributed by atoms with E-state index < -0.39 is 0 Å². The second-order valence-electron chi connectivity index (χ2n) is 5.74. The molecule has 0 saturated carbocycles. The van der Waals surface area contributed by atoms with E-state index in [2.05, 4.69) is 30.3 Å². The van der Waals surface area contributed by atoms with E-state index in [-0.39, 0.29) is 0 Å². The summed E-state index contributed by atoms with van der Waals surface area (Å²) in [5.41, 5.74) is 0. The van der Waals surface area contributed by atoms with Crippen LogP contribution in [-0.4, -0.2) is 46.6 Å². The molecule has 0 saturated heterocycles. The number of anilines is 2. The molecule has 2 aromatic rings. The van der Waals surface area contributed by atoms with E-state index in [1.54, 1.807) is 0 Å². The van der Waals surface area contributed by atoms with Crippen molar-refractivity contribution in [3.63, 3.8) is 0 Å². The van der Waals surface area contributed by atoms with Gasteiger partial charge in [-0.25, -0.2) is 0 Å². The van der Waals surface area contributed by atoms with Gasteiger partial charge in [-0.3, -0.25) is 0 Å². The second-order valence-corrected chi connectivity index (χ2v) is 7.37. The number of furan rings is 1. The number of nitrogens with zero attached hydrogens (tertiary/aromatic N) is 4. The Kier molecular flexibility index (Phi) is 8.59. The van der Waals surface area contributed by atoms with Crippen molar-refractivity contribution < 1.29 is 4.42 Å². The molecule has 2 rings (SSSR count). The molecule has 25 heavy (non-hydrogen) atoms. The van der Waals surface area contributed by atoms with Gasteiger partial charge in [0.2, 0.25) is 0 Å². The van der Waals surface area contributed by atoms with E-state index in [1.807, 2.05) is 38.0 Å². The fourth-order valence-corrected chi connectivity index (χ4v) is 3.36. The predicted molar refractivity (Wildman–Crippen MR) is 104 cm³/mol.